The van der Waals surface area contributed by atoms with Crippen LogP contribution in [-0.2, 0) is 0 Å². The van der Waals surface area contributed by atoms with Crippen LogP contribution in [0.25, 0.3) is 16.9 Å². The van der Waals surface area contributed by atoms with E-state index < -0.39 is 0 Å². The number of hydrogen-bond acceptors (Lipinski definition) is 3. The van der Waals surface area contributed by atoms with Crippen molar-refractivity contribution < 1.29 is 0 Å². The van der Waals surface area contributed by atoms with Gasteiger partial charge in [-0.15, -0.1) is 6.42 Å². The summed E-state index contributed by atoms with van der Waals surface area (Å²) in [5, 5.41) is 4.46. The maximum absolute atomic E-state index is 5.39. The number of imidazole rings is 1. The van der Waals surface area contributed by atoms with Crippen LogP contribution in [0, 0.1) is 12.3 Å². The number of rotatable bonds is 1. The molecule has 0 spiro atoms. The van der Waals surface area contributed by atoms with Crippen molar-refractivity contribution in [2.45, 2.75) is 0 Å². The van der Waals surface area contributed by atoms with Gasteiger partial charge in [0.2, 0.25) is 0 Å². The third-order valence-electron chi connectivity index (χ3n) is 2.49. The monoisotopic (exact) mass is 220 g/mol. The quantitative estimate of drug-likeness (QED) is 0.587. The predicted molar refractivity (Wildman–Crippen MR) is 64.2 cm³/mol. The highest BCUT2D eigenvalue weighted by atomic mass is 15.3. The Hall–Kier alpha value is -2.67. The van der Waals surface area contributed by atoms with Crippen molar-refractivity contribution in [1.82, 2.24) is 19.6 Å². The van der Waals surface area contributed by atoms with Crippen molar-refractivity contribution in [2.75, 3.05) is 0 Å². The van der Waals surface area contributed by atoms with Crippen molar-refractivity contribution in [3.8, 4) is 23.6 Å². The van der Waals surface area contributed by atoms with Gasteiger partial charge in [0.15, 0.2) is 5.65 Å². The first-order valence-corrected chi connectivity index (χ1v) is 5.10. The molecule has 3 aromatic heterocycles. The standard InChI is InChI=1S/C13H8N4/c1-2-11-9-15-13-4-3-12(16-17(11)13)10-5-7-14-8-6-10/h1,3-9H. The van der Waals surface area contributed by atoms with Crippen molar-refractivity contribution >= 4 is 5.65 Å². The second-order valence-corrected chi connectivity index (χ2v) is 3.51. The zero-order chi connectivity index (χ0) is 11.7. The molecule has 3 aromatic rings. The van der Waals surface area contributed by atoms with Gasteiger partial charge in [-0.05, 0) is 30.2 Å². The fourth-order valence-corrected chi connectivity index (χ4v) is 1.65. The zero-order valence-electron chi connectivity index (χ0n) is 8.91. The first-order chi connectivity index (χ1) is 8.38. The van der Waals surface area contributed by atoms with E-state index in [9.17, 15) is 0 Å². The van der Waals surface area contributed by atoms with Crippen LogP contribution in [0.2, 0.25) is 0 Å². The Bertz CT molecular complexity index is 707. The maximum atomic E-state index is 5.39. The van der Waals surface area contributed by atoms with Crippen LogP contribution in [-0.4, -0.2) is 19.6 Å². The van der Waals surface area contributed by atoms with E-state index in [0.717, 1.165) is 16.9 Å². The molecule has 0 N–H and O–H groups in total. The molecule has 4 nitrogen and oxygen atoms in total. The van der Waals surface area contributed by atoms with E-state index >= 15 is 0 Å². The second-order valence-electron chi connectivity index (χ2n) is 3.51. The van der Waals surface area contributed by atoms with Crippen LogP contribution >= 0.6 is 0 Å². The molecule has 80 valence electrons. The molecule has 0 saturated heterocycles. The predicted octanol–water partition coefficient (Wildman–Crippen LogP) is 1.77. The topological polar surface area (TPSA) is 43.1 Å². The van der Waals surface area contributed by atoms with Gasteiger partial charge in [-0.25, -0.2) is 9.50 Å². The van der Waals surface area contributed by atoms with Gasteiger partial charge in [-0.2, -0.15) is 5.10 Å². The number of terminal acetylenes is 1. The van der Waals surface area contributed by atoms with Crippen LogP contribution in [0.3, 0.4) is 0 Å². The summed E-state index contributed by atoms with van der Waals surface area (Å²) < 4.78 is 1.66. The molecule has 0 aliphatic carbocycles. The van der Waals surface area contributed by atoms with Gasteiger partial charge < -0.3 is 0 Å². The molecule has 0 radical (unpaired) electrons. The third kappa shape index (κ3) is 1.54. The van der Waals surface area contributed by atoms with Gasteiger partial charge in [0.25, 0.3) is 0 Å². The average Bonchev–Trinajstić information content (AvgIpc) is 2.81. The molecule has 3 heterocycles. The van der Waals surface area contributed by atoms with Crippen molar-refractivity contribution in [1.29, 1.82) is 0 Å². The van der Waals surface area contributed by atoms with E-state index in [1.807, 2.05) is 24.3 Å². The van der Waals surface area contributed by atoms with E-state index in [4.69, 9.17) is 6.42 Å². The fraction of sp³-hybridized carbons (Fsp3) is 0. The lowest BCUT2D eigenvalue weighted by atomic mass is 10.2. The minimum atomic E-state index is 0.649. The van der Waals surface area contributed by atoms with E-state index in [2.05, 4.69) is 21.0 Å². The summed E-state index contributed by atoms with van der Waals surface area (Å²) in [6.07, 6.45) is 10.5. The van der Waals surface area contributed by atoms with Crippen molar-refractivity contribution in [2.24, 2.45) is 0 Å². The summed E-state index contributed by atoms with van der Waals surface area (Å²) in [4.78, 5) is 8.15. The smallest absolute Gasteiger partial charge is 0.154 e. The van der Waals surface area contributed by atoms with E-state index in [-0.39, 0.29) is 0 Å². The Labute approximate surface area is 98.0 Å². The molecular formula is C13H8N4. The molecule has 0 aliphatic heterocycles. The minimum Gasteiger partial charge on any atom is -0.265 e. The average molecular weight is 220 g/mol. The van der Waals surface area contributed by atoms with Crippen LogP contribution in [0.15, 0.2) is 42.9 Å². The molecule has 0 unspecified atom stereocenters. The summed E-state index contributed by atoms with van der Waals surface area (Å²) in [5.41, 5.74) is 3.24. The highest BCUT2D eigenvalue weighted by molar-refractivity contribution is 5.59. The summed E-state index contributed by atoms with van der Waals surface area (Å²) in [6.45, 7) is 0. The SMILES string of the molecule is C#Cc1cnc2ccc(-c3ccncc3)nn12. The number of nitrogens with zero attached hydrogens (tertiary/aromatic N) is 4. The van der Waals surface area contributed by atoms with Crippen LogP contribution in [0.1, 0.15) is 5.69 Å². The van der Waals surface area contributed by atoms with E-state index in [1.165, 1.54) is 0 Å². The Morgan fingerprint density at radius 3 is 2.71 bits per heavy atom. The lowest BCUT2D eigenvalue weighted by Gasteiger charge is -2.01. The van der Waals surface area contributed by atoms with E-state index in [0.29, 0.717) is 5.69 Å². The molecule has 3 rings (SSSR count). The van der Waals surface area contributed by atoms with Crippen molar-refractivity contribution in [3.63, 3.8) is 0 Å². The fourth-order valence-electron chi connectivity index (χ4n) is 1.65. The van der Waals surface area contributed by atoms with Crippen LogP contribution < -0.4 is 0 Å². The zero-order valence-corrected chi connectivity index (χ0v) is 8.91. The molecule has 0 atom stereocenters. The van der Waals surface area contributed by atoms with Gasteiger partial charge in [-0.1, -0.05) is 0 Å². The van der Waals surface area contributed by atoms with Gasteiger partial charge in [-0.3, -0.25) is 4.98 Å². The number of aromatic nitrogens is 4. The lowest BCUT2D eigenvalue weighted by molar-refractivity contribution is 0.929. The van der Waals surface area contributed by atoms with Crippen molar-refractivity contribution in [3.05, 3.63) is 48.5 Å². The van der Waals surface area contributed by atoms with E-state index in [1.54, 1.807) is 23.1 Å². The Morgan fingerprint density at radius 2 is 1.94 bits per heavy atom. The summed E-state index contributed by atoms with van der Waals surface area (Å²) in [5.74, 6) is 2.55. The Kier molecular flexibility index (Phi) is 2.09. The number of pyridine rings is 1. The molecular weight excluding hydrogens is 212 g/mol. The van der Waals surface area contributed by atoms with Crippen LogP contribution in [0.4, 0.5) is 0 Å². The molecule has 0 aliphatic rings. The summed E-state index contributed by atoms with van der Waals surface area (Å²) in [7, 11) is 0. The Balaban J connectivity index is 2.23. The molecule has 0 bridgehead atoms. The minimum absolute atomic E-state index is 0.649. The number of fused-ring (bicyclic) bond motifs is 1. The first kappa shape index (κ1) is 9.55. The molecule has 17 heavy (non-hydrogen) atoms. The summed E-state index contributed by atoms with van der Waals surface area (Å²) in [6, 6.07) is 7.61. The number of hydrogen-bond donors (Lipinski definition) is 0. The molecule has 0 saturated carbocycles. The second kappa shape index (κ2) is 3.72. The highest BCUT2D eigenvalue weighted by Crippen LogP contribution is 2.16. The third-order valence-corrected chi connectivity index (χ3v) is 2.49. The Morgan fingerprint density at radius 1 is 1.12 bits per heavy atom. The summed E-state index contributed by atoms with van der Waals surface area (Å²) >= 11 is 0. The largest absolute Gasteiger partial charge is 0.265 e. The first-order valence-electron chi connectivity index (χ1n) is 5.10. The van der Waals surface area contributed by atoms with Crippen LogP contribution in [0.5, 0.6) is 0 Å². The normalized spacial score (nSPS) is 10.3. The molecule has 0 fully saturated rings. The van der Waals surface area contributed by atoms with Gasteiger partial charge in [0.05, 0.1) is 11.9 Å². The molecule has 0 aromatic carbocycles. The molecule has 4 heteroatoms. The highest BCUT2D eigenvalue weighted by Gasteiger charge is 2.04. The maximum Gasteiger partial charge on any atom is 0.154 e. The lowest BCUT2D eigenvalue weighted by Crippen LogP contribution is -1.96. The van der Waals surface area contributed by atoms with Gasteiger partial charge >= 0.3 is 0 Å². The molecule has 0 amide bonds. The van der Waals surface area contributed by atoms with Gasteiger partial charge in [0, 0.05) is 18.0 Å². The van der Waals surface area contributed by atoms with Gasteiger partial charge in [0.1, 0.15) is 5.69 Å².